The minimum Gasteiger partial charge on any atom is -0.417 e. The summed E-state index contributed by atoms with van der Waals surface area (Å²) in [6, 6.07) is 32.4. The molecule has 3 aromatic carbocycles. The molecule has 0 unspecified atom stereocenters. The molecule has 0 radical (unpaired) electrons. The van der Waals surface area contributed by atoms with E-state index < -0.39 is 13.9 Å². The van der Waals surface area contributed by atoms with Crippen LogP contribution in [-0.2, 0) is 16.4 Å². The summed E-state index contributed by atoms with van der Waals surface area (Å²) < 4.78 is 8.76. The van der Waals surface area contributed by atoms with Crippen molar-refractivity contribution in [2.24, 2.45) is 0 Å². The first-order valence-electron chi connectivity index (χ1n) is 12.6. The first-order chi connectivity index (χ1) is 16.7. The van der Waals surface area contributed by atoms with E-state index in [4.69, 9.17) is 4.43 Å². The van der Waals surface area contributed by atoms with Gasteiger partial charge in [-0.3, -0.25) is 0 Å². The van der Waals surface area contributed by atoms with Gasteiger partial charge >= 0.3 is 0 Å². The normalized spacial score (nSPS) is 12.6. The minimum atomic E-state index is -1.72. The van der Waals surface area contributed by atoms with Crippen LogP contribution in [0, 0.1) is 0 Å². The van der Waals surface area contributed by atoms with Gasteiger partial charge in [0, 0.05) is 29.7 Å². The second kappa shape index (κ2) is 10.3. The molecular weight excluding hydrogens is 444 g/mol. The van der Waals surface area contributed by atoms with E-state index in [1.165, 1.54) is 22.4 Å². The lowest BCUT2D eigenvalue weighted by atomic mass is 9.77. The molecule has 4 heteroatoms. The van der Waals surface area contributed by atoms with Gasteiger partial charge in [-0.05, 0) is 24.6 Å². The highest BCUT2D eigenvalue weighted by Crippen LogP contribution is 2.37. The molecule has 4 rings (SSSR count). The molecular formula is C31H39N2OSi+. The molecule has 0 saturated carbocycles. The maximum Gasteiger partial charge on any atom is 0.243 e. The Morgan fingerprint density at radius 2 is 1.20 bits per heavy atom. The number of benzene rings is 3. The Morgan fingerprint density at radius 3 is 1.63 bits per heavy atom. The van der Waals surface area contributed by atoms with E-state index in [9.17, 15) is 0 Å². The highest BCUT2D eigenvalue weighted by molar-refractivity contribution is 6.74. The minimum absolute atomic E-state index is 0.239. The monoisotopic (exact) mass is 483 g/mol. The summed E-state index contributed by atoms with van der Waals surface area (Å²) >= 11 is 0. The van der Waals surface area contributed by atoms with E-state index in [1.807, 2.05) is 0 Å². The van der Waals surface area contributed by atoms with Crippen LogP contribution in [0.2, 0.25) is 18.1 Å². The molecule has 0 amide bonds. The lowest BCUT2D eigenvalue weighted by molar-refractivity contribution is -0.733. The number of aryl methyl sites for hydroxylation is 1. The van der Waals surface area contributed by atoms with Gasteiger partial charge in [0.25, 0.3) is 0 Å². The zero-order valence-electron chi connectivity index (χ0n) is 21.8. The number of imidazole rings is 1. The summed E-state index contributed by atoms with van der Waals surface area (Å²) in [7, 11) is -1.72. The molecule has 0 spiro atoms. The van der Waals surface area contributed by atoms with Crippen molar-refractivity contribution in [3.63, 3.8) is 0 Å². The average Bonchev–Trinajstić information content (AvgIpc) is 3.33. The molecule has 0 bridgehead atoms. The summed E-state index contributed by atoms with van der Waals surface area (Å²) in [5.74, 6) is 0. The van der Waals surface area contributed by atoms with Crippen molar-refractivity contribution in [2.75, 3.05) is 6.61 Å². The first kappa shape index (κ1) is 25.1. The number of aromatic amines is 1. The molecule has 4 aromatic rings. The van der Waals surface area contributed by atoms with Gasteiger partial charge in [-0.25, -0.2) is 9.55 Å². The Balaban J connectivity index is 1.69. The highest BCUT2D eigenvalue weighted by atomic mass is 28.4. The van der Waals surface area contributed by atoms with Crippen molar-refractivity contribution >= 4 is 8.32 Å². The van der Waals surface area contributed by atoms with E-state index in [0.29, 0.717) is 0 Å². The zero-order chi connectivity index (χ0) is 24.9. The van der Waals surface area contributed by atoms with Crippen molar-refractivity contribution in [3.8, 4) is 0 Å². The van der Waals surface area contributed by atoms with Crippen molar-refractivity contribution in [2.45, 2.75) is 57.3 Å². The van der Waals surface area contributed by atoms with E-state index >= 15 is 0 Å². The van der Waals surface area contributed by atoms with Crippen LogP contribution in [0.3, 0.4) is 0 Å². The maximum absolute atomic E-state index is 6.42. The Morgan fingerprint density at radius 1 is 0.743 bits per heavy atom. The summed E-state index contributed by atoms with van der Waals surface area (Å²) in [5.41, 5.74) is 4.43. The van der Waals surface area contributed by atoms with Gasteiger partial charge in [0.05, 0.1) is 0 Å². The van der Waals surface area contributed by atoms with E-state index in [-0.39, 0.29) is 5.04 Å². The average molecular weight is 484 g/mol. The third kappa shape index (κ3) is 5.19. The number of hydrogen-bond donors (Lipinski definition) is 1. The Labute approximate surface area is 212 Å². The van der Waals surface area contributed by atoms with Gasteiger partial charge in [0.15, 0.2) is 13.9 Å². The fraction of sp³-hybridized carbons (Fsp3) is 0.323. The van der Waals surface area contributed by atoms with Gasteiger partial charge in [0.2, 0.25) is 6.33 Å². The fourth-order valence-electron chi connectivity index (χ4n) is 4.52. The van der Waals surface area contributed by atoms with Gasteiger partial charge < -0.3 is 4.43 Å². The molecule has 1 heterocycles. The summed E-state index contributed by atoms with van der Waals surface area (Å²) in [6.07, 6.45) is 6.36. The van der Waals surface area contributed by atoms with Crippen LogP contribution in [0.1, 0.15) is 49.6 Å². The topological polar surface area (TPSA) is 28.9 Å². The number of hydrogen-bond acceptors (Lipinski definition) is 1. The standard InChI is InChI=1S/C31H38N2OSi/c1-30(2,3)35(4,5)34-23-15-22-29-24-33(25-32-29)31(26-16-9-6-10-17-26,27-18-11-7-12-19-27)28-20-13-8-14-21-28/h6-14,16-21,24-25H,15,22-23H2,1-5H3/p+1. The number of nitrogens with one attached hydrogen (secondary N) is 1. The third-order valence-electron chi connectivity index (χ3n) is 7.51. The lowest BCUT2D eigenvalue weighted by Crippen LogP contribution is -2.57. The van der Waals surface area contributed by atoms with Gasteiger partial charge in [-0.1, -0.05) is 112 Å². The quantitative estimate of drug-likeness (QED) is 0.117. The van der Waals surface area contributed by atoms with E-state index in [2.05, 4.69) is 147 Å². The van der Waals surface area contributed by atoms with Crippen molar-refractivity contribution in [1.29, 1.82) is 0 Å². The Kier molecular flexibility index (Phi) is 7.44. The maximum atomic E-state index is 6.42. The second-order valence-electron chi connectivity index (χ2n) is 10.9. The lowest BCUT2D eigenvalue weighted by Gasteiger charge is -2.36. The second-order valence-corrected chi connectivity index (χ2v) is 15.7. The predicted octanol–water partition coefficient (Wildman–Crippen LogP) is 7.10. The van der Waals surface area contributed by atoms with Gasteiger partial charge in [-0.2, -0.15) is 0 Å². The zero-order valence-corrected chi connectivity index (χ0v) is 22.8. The van der Waals surface area contributed by atoms with Crippen LogP contribution in [0.15, 0.2) is 104 Å². The molecule has 1 aromatic heterocycles. The predicted molar refractivity (Wildman–Crippen MR) is 147 cm³/mol. The molecule has 35 heavy (non-hydrogen) atoms. The Bertz CT molecular complexity index is 1100. The van der Waals surface area contributed by atoms with Crippen LogP contribution in [0.5, 0.6) is 0 Å². The van der Waals surface area contributed by atoms with Gasteiger partial charge in [-0.15, -0.1) is 0 Å². The van der Waals surface area contributed by atoms with Crippen molar-refractivity contribution < 1.29 is 8.99 Å². The first-order valence-corrected chi connectivity index (χ1v) is 15.6. The molecule has 3 nitrogen and oxygen atoms in total. The summed E-state index contributed by atoms with van der Waals surface area (Å²) in [4.78, 5) is 3.57. The molecule has 0 fully saturated rings. The number of aromatic nitrogens is 2. The van der Waals surface area contributed by atoms with Gasteiger partial charge in [0.1, 0.15) is 11.9 Å². The van der Waals surface area contributed by atoms with Crippen LogP contribution in [0.25, 0.3) is 0 Å². The van der Waals surface area contributed by atoms with Crippen LogP contribution >= 0.6 is 0 Å². The SMILES string of the molecule is CC(C)(C)[Si](C)(C)OCCCc1c[n+](C(c2ccccc2)(c2ccccc2)c2ccccc2)c[nH]1. The van der Waals surface area contributed by atoms with Crippen molar-refractivity contribution in [3.05, 3.63) is 126 Å². The van der Waals surface area contributed by atoms with E-state index in [0.717, 1.165) is 19.4 Å². The Hall–Kier alpha value is -2.95. The van der Waals surface area contributed by atoms with Crippen LogP contribution in [-0.4, -0.2) is 19.9 Å². The van der Waals surface area contributed by atoms with Crippen LogP contribution in [0.4, 0.5) is 0 Å². The number of nitrogens with zero attached hydrogens (tertiary/aromatic N) is 1. The number of rotatable bonds is 9. The molecule has 0 atom stereocenters. The molecule has 0 saturated heterocycles. The van der Waals surface area contributed by atoms with Crippen molar-refractivity contribution in [1.82, 2.24) is 4.98 Å². The molecule has 1 N–H and O–H groups in total. The van der Waals surface area contributed by atoms with Crippen LogP contribution < -0.4 is 4.57 Å². The summed E-state index contributed by atoms with van der Waals surface area (Å²) in [6.45, 7) is 12.3. The highest BCUT2D eigenvalue weighted by Gasteiger charge is 2.43. The molecule has 182 valence electrons. The molecule has 0 aliphatic heterocycles. The van der Waals surface area contributed by atoms with E-state index in [1.54, 1.807) is 0 Å². The smallest absolute Gasteiger partial charge is 0.243 e. The third-order valence-corrected chi connectivity index (χ3v) is 12.0. The fourth-order valence-corrected chi connectivity index (χ4v) is 5.60. The number of H-pyrrole nitrogens is 1. The largest absolute Gasteiger partial charge is 0.417 e. The molecule has 0 aliphatic carbocycles. The molecule has 0 aliphatic rings. The summed E-state index contributed by atoms with van der Waals surface area (Å²) in [5, 5.41) is 0.239.